The van der Waals surface area contributed by atoms with E-state index in [1.54, 1.807) is 18.2 Å². The van der Waals surface area contributed by atoms with Crippen molar-refractivity contribution in [3.63, 3.8) is 0 Å². The van der Waals surface area contributed by atoms with Crippen molar-refractivity contribution in [2.24, 2.45) is 0 Å². The van der Waals surface area contributed by atoms with Gasteiger partial charge in [0.05, 0.1) is 24.7 Å². The minimum absolute atomic E-state index is 0.129. The average molecular weight is 529 g/mol. The molecule has 0 atom stereocenters. The number of carboxylic acids is 1. The molecule has 0 amide bonds. The second-order valence-corrected chi connectivity index (χ2v) is 8.55. The monoisotopic (exact) mass is 528 g/mol. The quantitative estimate of drug-likeness (QED) is 0.123. The summed E-state index contributed by atoms with van der Waals surface area (Å²) in [5.74, 6) is 0.616. The normalized spacial score (nSPS) is 11.4. The first kappa shape index (κ1) is 24.8. The maximum Gasteiger partial charge on any atom is 0.342 e. The first-order valence-corrected chi connectivity index (χ1v) is 11.3. The molecule has 36 heavy (non-hydrogen) atoms. The molecule has 0 aliphatic heterocycles. The van der Waals surface area contributed by atoms with Crippen LogP contribution >= 0.6 is 23.4 Å². The Morgan fingerprint density at radius 2 is 1.89 bits per heavy atom. The van der Waals surface area contributed by atoms with Crippen molar-refractivity contribution in [3.8, 4) is 34.2 Å². The highest BCUT2D eigenvalue weighted by atomic mass is 35.5. The smallest absolute Gasteiger partial charge is 0.342 e. The van der Waals surface area contributed by atoms with Gasteiger partial charge in [-0.3, -0.25) is 15.2 Å². The zero-order valence-corrected chi connectivity index (χ0v) is 20.3. The number of H-pyrrole nitrogens is 1. The van der Waals surface area contributed by atoms with E-state index in [2.05, 4.69) is 15.2 Å². The summed E-state index contributed by atoms with van der Waals surface area (Å²) in [4.78, 5) is 26.9. The molecule has 2 aromatic heterocycles. The number of hydrogen-bond acceptors (Lipinski definition) is 9. The van der Waals surface area contributed by atoms with Crippen molar-refractivity contribution in [3.05, 3.63) is 74.3 Å². The largest absolute Gasteiger partial charge is 0.497 e. The number of benzene rings is 2. The predicted molar refractivity (Wildman–Crippen MR) is 132 cm³/mol. The number of thioether (sulfide) groups is 1. The van der Waals surface area contributed by atoms with Gasteiger partial charge in [-0.2, -0.15) is 0 Å². The number of halogens is 1. The van der Waals surface area contributed by atoms with Crippen LogP contribution in [0.25, 0.3) is 28.8 Å². The van der Waals surface area contributed by atoms with Gasteiger partial charge >= 0.3 is 5.97 Å². The van der Waals surface area contributed by atoms with Gasteiger partial charge < -0.3 is 19.0 Å². The fraction of sp³-hybridized carbons (Fsp3) is 0.0870. The van der Waals surface area contributed by atoms with Gasteiger partial charge in [0.1, 0.15) is 27.9 Å². The number of nitro groups is 1. The van der Waals surface area contributed by atoms with Gasteiger partial charge in [0.15, 0.2) is 5.82 Å². The molecule has 4 rings (SSSR count). The van der Waals surface area contributed by atoms with E-state index in [0.29, 0.717) is 22.9 Å². The zero-order valence-electron chi connectivity index (χ0n) is 18.7. The molecule has 0 unspecified atom stereocenters. The lowest BCUT2D eigenvalue weighted by Gasteiger charge is -2.06. The molecule has 0 spiro atoms. The molecule has 0 fully saturated rings. The number of aromatic amines is 1. The van der Waals surface area contributed by atoms with E-state index < -0.39 is 10.9 Å². The molecule has 11 nitrogen and oxygen atoms in total. The van der Waals surface area contributed by atoms with Crippen molar-refractivity contribution < 1.29 is 28.7 Å². The lowest BCUT2D eigenvalue weighted by Crippen LogP contribution is -1.97. The minimum Gasteiger partial charge on any atom is -0.497 e. The molecule has 184 valence electrons. The van der Waals surface area contributed by atoms with E-state index in [9.17, 15) is 20.0 Å². The Hall–Kier alpha value is -4.29. The Bertz CT molecular complexity index is 1460. The number of methoxy groups -OCH3 is 2. The highest BCUT2D eigenvalue weighted by Gasteiger charge is 2.20. The van der Waals surface area contributed by atoms with Crippen LogP contribution in [0.2, 0.25) is 5.02 Å². The van der Waals surface area contributed by atoms with Gasteiger partial charge in [-0.25, -0.2) is 9.78 Å². The van der Waals surface area contributed by atoms with E-state index in [0.717, 1.165) is 11.8 Å². The Balaban J connectivity index is 1.60. The van der Waals surface area contributed by atoms with Crippen LogP contribution in [0.4, 0.5) is 5.69 Å². The van der Waals surface area contributed by atoms with Gasteiger partial charge in [-0.05, 0) is 48.2 Å². The molecule has 2 aromatic carbocycles. The first-order chi connectivity index (χ1) is 17.3. The second-order valence-electron chi connectivity index (χ2n) is 7.10. The van der Waals surface area contributed by atoms with Crippen LogP contribution in [-0.2, 0) is 4.79 Å². The second kappa shape index (κ2) is 10.5. The molecule has 0 aliphatic rings. The molecule has 13 heteroatoms. The summed E-state index contributed by atoms with van der Waals surface area (Å²) < 4.78 is 16.2. The lowest BCUT2D eigenvalue weighted by molar-refractivity contribution is -0.384. The van der Waals surface area contributed by atoms with Gasteiger partial charge in [0.2, 0.25) is 5.16 Å². The highest BCUT2D eigenvalue weighted by Crippen LogP contribution is 2.35. The average Bonchev–Trinajstić information content (AvgIpc) is 3.53. The lowest BCUT2D eigenvalue weighted by atomic mass is 10.1. The van der Waals surface area contributed by atoms with Crippen molar-refractivity contribution in [1.82, 2.24) is 15.2 Å². The number of aromatic nitrogens is 3. The van der Waals surface area contributed by atoms with Crippen LogP contribution in [0.15, 0.2) is 63.0 Å². The molecular weight excluding hydrogens is 512 g/mol. The highest BCUT2D eigenvalue weighted by molar-refractivity contribution is 8.04. The summed E-state index contributed by atoms with van der Waals surface area (Å²) in [5, 5.41) is 28.3. The summed E-state index contributed by atoms with van der Waals surface area (Å²) in [6.07, 6.45) is 1.28. The Labute approximate surface area is 212 Å². The number of aliphatic carboxylic acids is 1. The maximum atomic E-state index is 11.9. The number of carboxylic acid groups (broad SMARTS) is 1. The number of furan rings is 1. The van der Waals surface area contributed by atoms with E-state index in [1.807, 2.05) is 0 Å². The summed E-state index contributed by atoms with van der Waals surface area (Å²) in [6, 6.07) is 12.3. The van der Waals surface area contributed by atoms with Crippen LogP contribution < -0.4 is 9.47 Å². The maximum absolute atomic E-state index is 11.9. The number of ether oxygens (including phenoxy) is 2. The minimum atomic E-state index is -1.23. The fourth-order valence-corrected chi connectivity index (χ4v) is 4.02. The van der Waals surface area contributed by atoms with Crippen LogP contribution in [0.1, 0.15) is 5.76 Å². The van der Waals surface area contributed by atoms with Crippen LogP contribution in [0.3, 0.4) is 0 Å². The number of nitro benzene ring substituents is 1. The molecule has 0 aliphatic carbocycles. The van der Waals surface area contributed by atoms with E-state index in [-0.39, 0.29) is 37.9 Å². The molecule has 0 saturated carbocycles. The molecule has 2 N–H and O–H groups in total. The van der Waals surface area contributed by atoms with Crippen LogP contribution in [0.5, 0.6) is 11.5 Å². The number of nitrogens with one attached hydrogen (secondary N) is 1. The molecule has 4 aromatic rings. The van der Waals surface area contributed by atoms with Crippen LogP contribution in [-0.4, -0.2) is 45.4 Å². The third-order valence-corrected chi connectivity index (χ3v) is 5.94. The number of nitrogens with zero attached hydrogens (tertiary/aromatic N) is 3. The molecule has 0 saturated heterocycles. The van der Waals surface area contributed by atoms with E-state index in [4.69, 9.17) is 25.5 Å². The summed E-state index contributed by atoms with van der Waals surface area (Å²) >= 11 is 6.67. The summed E-state index contributed by atoms with van der Waals surface area (Å²) in [5.41, 5.74) is 0.607. The van der Waals surface area contributed by atoms with Crippen molar-refractivity contribution >= 4 is 41.1 Å². The third-order valence-electron chi connectivity index (χ3n) is 4.82. The molecule has 0 radical (unpaired) electrons. The van der Waals surface area contributed by atoms with E-state index in [1.165, 1.54) is 50.6 Å². The number of carbonyl (C=O) groups is 1. The third kappa shape index (κ3) is 5.50. The van der Waals surface area contributed by atoms with Crippen molar-refractivity contribution in [1.29, 1.82) is 0 Å². The summed E-state index contributed by atoms with van der Waals surface area (Å²) in [7, 11) is 3.05. The van der Waals surface area contributed by atoms with Crippen molar-refractivity contribution in [2.75, 3.05) is 14.2 Å². The number of rotatable bonds is 9. The van der Waals surface area contributed by atoms with Crippen molar-refractivity contribution in [2.45, 2.75) is 5.16 Å². The Morgan fingerprint density at radius 1 is 1.17 bits per heavy atom. The van der Waals surface area contributed by atoms with Gasteiger partial charge in [-0.15, -0.1) is 5.10 Å². The van der Waals surface area contributed by atoms with Gasteiger partial charge in [-0.1, -0.05) is 11.6 Å². The van der Waals surface area contributed by atoms with Gasteiger partial charge in [0, 0.05) is 28.8 Å². The SMILES string of the molecule is COc1cc(OC)cc(-c2nc(S/C(=C\c3ccc(-c4ccc(Cl)cc4[N+](=O)[O-])o3)C(=O)O)n[nH]2)c1. The standard InChI is InChI=1S/C23H17ClN4O7S/c1-33-15-7-12(8-16(10-15)34-2)21-25-23(27-26-21)36-20(22(29)30)11-14-4-6-19(35-14)17-5-3-13(24)9-18(17)28(31)32/h3-11H,1-2H3,(H,29,30)(H,25,26,27)/b20-11-. The number of hydrogen-bond donors (Lipinski definition) is 2. The Morgan fingerprint density at radius 3 is 2.53 bits per heavy atom. The summed E-state index contributed by atoms with van der Waals surface area (Å²) in [6.45, 7) is 0. The predicted octanol–water partition coefficient (Wildman–Crippen LogP) is 5.53. The van der Waals surface area contributed by atoms with E-state index >= 15 is 0 Å². The zero-order chi connectivity index (χ0) is 25.8. The fourth-order valence-electron chi connectivity index (χ4n) is 3.17. The van der Waals surface area contributed by atoms with Crippen LogP contribution in [0, 0.1) is 10.1 Å². The molecule has 0 bridgehead atoms. The van der Waals surface area contributed by atoms with Gasteiger partial charge in [0.25, 0.3) is 5.69 Å². The molecular formula is C23H17ClN4O7S. The first-order valence-electron chi connectivity index (χ1n) is 10.1. The topological polar surface area (TPSA) is 154 Å². The Kier molecular flexibility index (Phi) is 7.27. The molecule has 2 heterocycles.